The SMILES string of the molecule is [CH2]c1ccccc1C(c1ccccc1)c1ccccc1. The third-order valence-electron chi connectivity index (χ3n) is 3.63. The van der Waals surface area contributed by atoms with Crippen LogP contribution in [0, 0.1) is 6.92 Å². The van der Waals surface area contributed by atoms with Crippen LogP contribution in [0.4, 0.5) is 0 Å². The van der Waals surface area contributed by atoms with E-state index in [1.807, 2.05) is 6.07 Å². The number of benzene rings is 3. The molecule has 0 aromatic heterocycles. The summed E-state index contributed by atoms with van der Waals surface area (Å²) in [5, 5.41) is 0. The minimum Gasteiger partial charge on any atom is -0.0622 e. The van der Waals surface area contributed by atoms with Crippen molar-refractivity contribution in [2.24, 2.45) is 0 Å². The van der Waals surface area contributed by atoms with Gasteiger partial charge in [0, 0.05) is 5.92 Å². The average Bonchev–Trinajstić information content (AvgIpc) is 2.52. The lowest BCUT2D eigenvalue weighted by Crippen LogP contribution is -2.04. The molecule has 0 heterocycles. The molecule has 0 bridgehead atoms. The average molecular weight is 257 g/mol. The second kappa shape index (κ2) is 5.75. The number of rotatable bonds is 3. The van der Waals surface area contributed by atoms with Gasteiger partial charge in [-0.3, -0.25) is 0 Å². The van der Waals surface area contributed by atoms with Crippen LogP contribution in [-0.4, -0.2) is 0 Å². The summed E-state index contributed by atoms with van der Waals surface area (Å²) in [7, 11) is 0. The molecule has 0 saturated carbocycles. The summed E-state index contributed by atoms with van der Waals surface area (Å²) in [5.74, 6) is 0.242. The van der Waals surface area contributed by atoms with Gasteiger partial charge in [0.1, 0.15) is 0 Å². The van der Waals surface area contributed by atoms with Gasteiger partial charge in [0.05, 0.1) is 0 Å². The molecule has 1 radical (unpaired) electrons. The fourth-order valence-corrected chi connectivity index (χ4v) is 2.66. The first-order valence-corrected chi connectivity index (χ1v) is 6.87. The van der Waals surface area contributed by atoms with Crippen molar-refractivity contribution in [3.05, 3.63) is 114 Å². The van der Waals surface area contributed by atoms with E-state index in [0.29, 0.717) is 0 Å². The quantitative estimate of drug-likeness (QED) is 0.576. The van der Waals surface area contributed by atoms with Crippen LogP contribution in [0.1, 0.15) is 28.2 Å². The van der Waals surface area contributed by atoms with E-state index in [1.165, 1.54) is 16.7 Å². The van der Waals surface area contributed by atoms with Crippen LogP contribution in [0.2, 0.25) is 0 Å². The second-order valence-electron chi connectivity index (χ2n) is 4.95. The highest BCUT2D eigenvalue weighted by Gasteiger charge is 2.17. The molecule has 3 aromatic rings. The molecule has 3 aromatic carbocycles. The lowest BCUT2D eigenvalue weighted by atomic mass is 9.83. The highest BCUT2D eigenvalue weighted by molar-refractivity contribution is 5.46. The van der Waals surface area contributed by atoms with E-state index in [2.05, 4.69) is 85.8 Å². The van der Waals surface area contributed by atoms with E-state index in [4.69, 9.17) is 0 Å². The van der Waals surface area contributed by atoms with Crippen molar-refractivity contribution in [3.63, 3.8) is 0 Å². The molecule has 20 heavy (non-hydrogen) atoms. The van der Waals surface area contributed by atoms with Gasteiger partial charge < -0.3 is 0 Å². The molecule has 0 saturated heterocycles. The van der Waals surface area contributed by atoms with Gasteiger partial charge in [-0.15, -0.1) is 0 Å². The minimum atomic E-state index is 0.242. The molecule has 97 valence electrons. The van der Waals surface area contributed by atoms with Crippen LogP contribution in [0.15, 0.2) is 84.9 Å². The Balaban J connectivity index is 2.17. The summed E-state index contributed by atoms with van der Waals surface area (Å²) in [5.41, 5.74) is 4.96. The summed E-state index contributed by atoms with van der Waals surface area (Å²) in [6.45, 7) is 4.19. The van der Waals surface area contributed by atoms with E-state index in [9.17, 15) is 0 Å². The van der Waals surface area contributed by atoms with Gasteiger partial charge in [0.2, 0.25) is 0 Å². The van der Waals surface area contributed by atoms with Crippen LogP contribution in [0.3, 0.4) is 0 Å². The Kier molecular flexibility index (Phi) is 3.64. The zero-order valence-electron chi connectivity index (χ0n) is 11.4. The van der Waals surface area contributed by atoms with Gasteiger partial charge in [-0.05, 0) is 29.2 Å². The van der Waals surface area contributed by atoms with Gasteiger partial charge in [0.15, 0.2) is 0 Å². The fourth-order valence-electron chi connectivity index (χ4n) is 2.66. The van der Waals surface area contributed by atoms with Crippen molar-refractivity contribution in [2.45, 2.75) is 5.92 Å². The van der Waals surface area contributed by atoms with E-state index >= 15 is 0 Å². The van der Waals surface area contributed by atoms with Crippen LogP contribution >= 0.6 is 0 Å². The second-order valence-corrected chi connectivity index (χ2v) is 4.95. The van der Waals surface area contributed by atoms with Gasteiger partial charge in [0.25, 0.3) is 0 Å². The Hall–Kier alpha value is -2.34. The van der Waals surface area contributed by atoms with Crippen molar-refractivity contribution in [2.75, 3.05) is 0 Å². The van der Waals surface area contributed by atoms with Gasteiger partial charge in [-0.1, -0.05) is 84.9 Å². The smallest absolute Gasteiger partial charge is 0.0342 e. The maximum Gasteiger partial charge on any atom is 0.0342 e. The molecule has 0 atom stereocenters. The lowest BCUT2D eigenvalue weighted by molar-refractivity contribution is 0.970. The summed E-state index contributed by atoms with van der Waals surface area (Å²) < 4.78 is 0. The van der Waals surface area contributed by atoms with Gasteiger partial charge in [-0.25, -0.2) is 0 Å². The van der Waals surface area contributed by atoms with Crippen LogP contribution in [0.25, 0.3) is 0 Å². The zero-order valence-corrected chi connectivity index (χ0v) is 11.4. The molecule has 0 amide bonds. The van der Waals surface area contributed by atoms with Crippen LogP contribution in [0.5, 0.6) is 0 Å². The summed E-state index contributed by atoms with van der Waals surface area (Å²) in [6.07, 6.45) is 0. The molecular formula is C20H17. The summed E-state index contributed by atoms with van der Waals surface area (Å²) >= 11 is 0. The largest absolute Gasteiger partial charge is 0.0622 e. The van der Waals surface area contributed by atoms with Crippen LogP contribution < -0.4 is 0 Å². The molecule has 0 aliphatic rings. The molecule has 0 N–H and O–H groups in total. The lowest BCUT2D eigenvalue weighted by Gasteiger charge is -2.20. The molecule has 3 rings (SSSR count). The molecule has 0 heteroatoms. The topological polar surface area (TPSA) is 0 Å². The third kappa shape index (κ3) is 2.50. The van der Waals surface area contributed by atoms with Crippen molar-refractivity contribution < 1.29 is 0 Å². The minimum absolute atomic E-state index is 0.242. The summed E-state index contributed by atoms with van der Waals surface area (Å²) in [4.78, 5) is 0. The van der Waals surface area contributed by atoms with Crippen LogP contribution in [-0.2, 0) is 0 Å². The third-order valence-corrected chi connectivity index (χ3v) is 3.63. The Morgan fingerprint density at radius 3 is 1.50 bits per heavy atom. The van der Waals surface area contributed by atoms with E-state index in [-0.39, 0.29) is 5.92 Å². The highest BCUT2D eigenvalue weighted by atomic mass is 14.2. The van der Waals surface area contributed by atoms with Crippen molar-refractivity contribution in [3.8, 4) is 0 Å². The molecule has 0 unspecified atom stereocenters. The van der Waals surface area contributed by atoms with Crippen molar-refractivity contribution >= 4 is 0 Å². The van der Waals surface area contributed by atoms with E-state index in [1.54, 1.807) is 0 Å². The molecule has 0 aliphatic heterocycles. The first kappa shape index (κ1) is 12.7. The van der Waals surface area contributed by atoms with Crippen molar-refractivity contribution in [1.82, 2.24) is 0 Å². The summed E-state index contributed by atoms with van der Waals surface area (Å²) in [6, 6.07) is 29.6. The highest BCUT2D eigenvalue weighted by Crippen LogP contribution is 2.33. The zero-order chi connectivity index (χ0) is 13.8. The maximum atomic E-state index is 4.19. The Morgan fingerprint density at radius 2 is 1.00 bits per heavy atom. The van der Waals surface area contributed by atoms with Gasteiger partial charge in [-0.2, -0.15) is 0 Å². The number of hydrogen-bond acceptors (Lipinski definition) is 0. The first-order chi connectivity index (χ1) is 9.86. The monoisotopic (exact) mass is 257 g/mol. The van der Waals surface area contributed by atoms with Gasteiger partial charge >= 0.3 is 0 Å². The Bertz CT molecular complexity index is 629. The van der Waals surface area contributed by atoms with Crippen molar-refractivity contribution in [1.29, 1.82) is 0 Å². The predicted octanol–water partition coefficient (Wildman–Crippen LogP) is 5.05. The molecule has 0 nitrogen and oxygen atoms in total. The molecular weight excluding hydrogens is 240 g/mol. The standard InChI is InChI=1S/C20H17/c1-16-10-8-9-15-19(16)20(17-11-4-2-5-12-17)18-13-6-3-7-14-18/h2-15,20H,1H2. The van der Waals surface area contributed by atoms with E-state index in [0.717, 1.165) is 5.56 Å². The first-order valence-electron chi connectivity index (χ1n) is 6.87. The number of hydrogen-bond donors (Lipinski definition) is 0. The fraction of sp³-hybridized carbons (Fsp3) is 0.0500. The molecule has 0 fully saturated rings. The normalized spacial score (nSPS) is 10.7. The predicted molar refractivity (Wildman–Crippen MR) is 84.7 cm³/mol. The molecule has 0 aliphatic carbocycles. The maximum absolute atomic E-state index is 4.19. The Labute approximate surface area is 120 Å². The molecule has 0 spiro atoms. The van der Waals surface area contributed by atoms with E-state index < -0.39 is 0 Å². The Morgan fingerprint density at radius 1 is 0.550 bits per heavy atom.